The van der Waals surface area contributed by atoms with Crippen molar-refractivity contribution in [2.45, 2.75) is 38.2 Å². The van der Waals surface area contributed by atoms with Gasteiger partial charge in [0, 0.05) is 31.1 Å². The fourth-order valence-electron chi connectivity index (χ4n) is 2.80. The van der Waals surface area contributed by atoms with Crippen LogP contribution in [-0.2, 0) is 0 Å². The predicted octanol–water partition coefficient (Wildman–Crippen LogP) is 1.87. The standard InChI is InChI=1S/C14H19F2N3O2/c1-8-5-19(7-13(15)16)6-11(8)17-14(20)10-4-12(21-18-10)9-2-3-9/h4,8-9,11,13H,2-3,5-7H2,1H3,(H,17,20)/t8-,11-/m0/s1. The second kappa shape index (κ2) is 5.71. The summed E-state index contributed by atoms with van der Waals surface area (Å²) in [5.74, 6) is 1.02. The van der Waals surface area contributed by atoms with E-state index in [9.17, 15) is 13.6 Å². The number of likely N-dealkylation sites (tertiary alicyclic amines) is 1. The van der Waals surface area contributed by atoms with E-state index in [1.807, 2.05) is 6.92 Å². The summed E-state index contributed by atoms with van der Waals surface area (Å²) < 4.78 is 30.0. The summed E-state index contributed by atoms with van der Waals surface area (Å²) in [6.07, 6.45) is -0.180. The molecule has 0 bridgehead atoms. The van der Waals surface area contributed by atoms with Crippen molar-refractivity contribution in [1.82, 2.24) is 15.4 Å². The number of carbonyl (C=O) groups excluding carboxylic acids is 1. The van der Waals surface area contributed by atoms with E-state index in [-0.39, 0.29) is 30.1 Å². The van der Waals surface area contributed by atoms with Crippen LogP contribution in [0.5, 0.6) is 0 Å². The molecule has 2 atom stereocenters. The summed E-state index contributed by atoms with van der Waals surface area (Å²) in [6, 6.07) is 1.56. The van der Waals surface area contributed by atoms with Crippen LogP contribution in [0.1, 0.15) is 41.9 Å². The molecule has 0 spiro atoms. The van der Waals surface area contributed by atoms with Gasteiger partial charge in [-0.15, -0.1) is 0 Å². The van der Waals surface area contributed by atoms with Crippen molar-refractivity contribution in [3.63, 3.8) is 0 Å². The molecule has 21 heavy (non-hydrogen) atoms. The Morgan fingerprint density at radius 3 is 2.95 bits per heavy atom. The lowest BCUT2D eigenvalue weighted by Gasteiger charge is -2.16. The first-order valence-corrected chi connectivity index (χ1v) is 7.31. The van der Waals surface area contributed by atoms with E-state index in [1.165, 1.54) is 0 Å². The van der Waals surface area contributed by atoms with Crippen molar-refractivity contribution in [3.8, 4) is 0 Å². The highest BCUT2D eigenvalue weighted by molar-refractivity contribution is 5.92. The third-order valence-corrected chi connectivity index (χ3v) is 4.14. The van der Waals surface area contributed by atoms with Crippen LogP contribution in [0.15, 0.2) is 10.6 Å². The van der Waals surface area contributed by atoms with Crippen molar-refractivity contribution in [2.24, 2.45) is 5.92 Å². The van der Waals surface area contributed by atoms with E-state index < -0.39 is 6.43 Å². The molecule has 1 N–H and O–H groups in total. The van der Waals surface area contributed by atoms with Crippen LogP contribution in [0, 0.1) is 5.92 Å². The first kappa shape index (κ1) is 14.4. The van der Waals surface area contributed by atoms with Crippen LogP contribution >= 0.6 is 0 Å². The normalized spacial score (nSPS) is 26.5. The fraction of sp³-hybridized carbons (Fsp3) is 0.714. The number of halogens is 2. The van der Waals surface area contributed by atoms with Crippen LogP contribution in [0.25, 0.3) is 0 Å². The van der Waals surface area contributed by atoms with E-state index in [0.717, 1.165) is 18.6 Å². The largest absolute Gasteiger partial charge is 0.360 e. The predicted molar refractivity (Wildman–Crippen MR) is 71.3 cm³/mol. The Labute approximate surface area is 121 Å². The van der Waals surface area contributed by atoms with Gasteiger partial charge in [-0.25, -0.2) is 8.78 Å². The highest BCUT2D eigenvalue weighted by atomic mass is 19.3. The second-order valence-corrected chi connectivity index (χ2v) is 6.06. The summed E-state index contributed by atoms with van der Waals surface area (Å²) in [6.45, 7) is 2.73. The van der Waals surface area contributed by atoms with Crippen molar-refractivity contribution in [2.75, 3.05) is 19.6 Å². The maximum atomic E-state index is 12.4. The fourth-order valence-corrected chi connectivity index (χ4v) is 2.80. The van der Waals surface area contributed by atoms with Gasteiger partial charge in [-0.1, -0.05) is 12.1 Å². The topological polar surface area (TPSA) is 58.4 Å². The molecule has 3 rings (SSSR count). The molecule has 116 valence electrons. The highest BCUT2D eigenvalue weighted by Crippen LogP contribution is 2.40. The van der Waals surface area contributed by atoms with E-state index >= 15 is 0 Å². The van der Waals surface area contributed by atoms with Crippen molar-refractivity contribution in [1.29, 1.82) is 0 Å². The Balaban J connectivity index is 1.56. The molecular weight excluding hydrogens is 280 g/mol. The Morgan fingerprint density at radius 1 is 1.52 bits per heavy atom. The lowest BCUT2D eigenvalue weighted by atomic mass is 10.1. The van der Waals surface area contributed by atoms with Crippen molar-refractivity contribution in [3.05, 3.63) is 17.5 Å². The zero-order valence-corrected chi connectivity index (χ0v) is 11.9. The van der Waals surface area contributed by atoms with Crippen LogP contribution in [-0.4, -0.2) is 48.1 Å². The maximum Gasteiger partial charge on any atom is 0.273 e. The minimum Gasteiger partial charge on any atom is -0.360 e. The quantitative estimate of drug-likeness (QED) is 0.901. The van der Waals surface area contributed by atoms with Gasteiger partial charge < -0.3 is 9.84 Å². The number of nitrogens with one attached hydrogen (secondary N) is 1. The van der Waals surface area contributed by atoms with Crippen molar-refractivity contribution >= 4 is 5.91 Å². The zero-order chi connectivity index (χ0) is 15.0. The molecule has 0 aromatic carbocycles. The number of carbonyl (C=O) groups is 1. The Morgan fingerprint density at radius 2 is 2.29 bits per heavy atom. The third kappa shape index (κ3) is 3.40. The number of aromatic nitrogens is 1. The molecule has 2 fully saturated rings. The lowest BCUT2D eigenvalue weighted by molar-refractivity contribution is 0.0910. The van der Waals surface area contributed by atoms with E-state index in [1.54, 1.807) is 11.0 Å². The monoisotopic (exact) mass is 299 g/mol. The van der Waals surface area contributed by atoms with Gasteiger partial charge in [0.25, 0.3) is 12.3 Å². The van der Waals surface area contributed by atoms with Gasteiger partial charge in [0.15, 0.2) is 5.69 Å². The van der Waals surface area contributed by atoms with Crippen molar-refractivity contribution < 1.29 is 18.1 Å². The number of alkyl halides is 2. The Bertz CT molecular complexity index is 516. The molecule has 1 saturated carbocycles. The molecule has 1 aliphatic carbocycles. The molecule has 2 aliphatic rings. The smallest absolute Gasteiger partial charge is 0.273 e. The van der Waals surface area contributed by atoms with Gasteiger partial charge in [-0.05, 0) is 18.8 Å². The number of hydrogen-bond acceptors (Lipinski definition) is 4. The molecule has 0 radical (unpaired) electrons. The molecule has 7 heteroatoms. The molecule has 1 saturated heterocycles. The van der Waals surface area contributed by atoms with Gasteiger partial charge in [0.05, 0.1) is 6.54 Å². The lowest BCUT2D eigenvalue weighted by Crippen LogP contribution is -2.40. The summed E-state index contributed by atoms with van der Waals surface area (Å²) in [5.41, 5.74) is 0.274. The molecule has 2 heterocycles. The van der Waals surface area contributed by atoms with Crippen LogP contribution < -0.4 is 5.32 Å². The molecule has 1 aromatic rings. The van der Waals surface area contributed by atoms with Gasteiger partial charge in [-0.3, -0.25) is 9.69 Å². The number of hydrogen-bond donors (Lipinski definition) is 1. The molecule has 1 aromatic heterocycles. The average Bonchev–Trinajstić information content (AvgIpc) is 3.04. The van der Waals surface area contributed by atoms with Gasteiger partial charge in [0.1, 0.15) is 5.76 Å². The zero-order valence-electron chi connectivity index (χ0n) is 11.9. The minimum absolute atomic E-state index is 0.127. The highest BCUT2D eigenvalue weighted by Gasteiger charge is 2.33. The average molecular weight is 299 g/mol. The Kier molecular flexibility index (Phi) is 3.93. The van der Waals surface area contributed by atoms with Crippen LogP contribution in [0.3, 0.4) is 0 Å². The third-order valence-electron chi connectivity index (χ3n) is 4.14. The maximum absolute atomic E-state index is 12.4. The van der Waals surface area contributed by atoms with E-state index in [2.05, 4.69) is 10.5 Å². The van der Waals surface area contributed by atoms with Gasteiger partial charge in [0.2, 0.25) is 0 Å². The molecule has 5 nitrogen and oxygen atoms in total. The molecule has 1 amide bonds. The molecule has 1 aliphatic heterocycles. The summed E-state index contributed by atoms with van der Waals surface area (Å²) >= 11 is 0. The number of nitrogens with zero attached hydrogens (tertiary/aromatic N) is 2. The van der Waals surface area contributed by atoms with Crippen LogP contribution in [0.4, 0.5) is 8.78 Å². The van der Waals surface area contributed by atoms with Gasteiger partial charge >= 0.3 is 0 Å². The SMILES string of the molecule is C[C@H]1CN(CC(F)F)C[C@@H]1NC(=O)c1cc(C2CC2)on1. The van der Waals surface area contributed by atoms with E-state index in [4.69, 9.17) is 4.52 Å². The number of amides is 1. The summed E-state index contributed by atoms with van der Waals surface area (Å²) in [5, 5.41) is 6.66. The first-order valence-electron chi connectivity index (χ1n) is 7.31. The second-order valence-electron chi connectivity index (χ2n) is 6.06. The molecule has 0 unspecified atom stereocenters. The Hall–Kier alpha value is -1.50. The number of rotatable bonds is 5. The summed E-state index contributed by atoms with van der Waals surface area (Å²) in [4.78, 5) is 13.8. The summed E-state index contributed by atoms with van der Waals surface area (Å²) in [7, 11) is 0. The molecular formula is C14H19F2N3O2. The first-order chi connectivity index (χ1) is 10.0. The van der Waals surface area contributed by atoms with E-state index in [0.29, 0.717) is 19.0 Å². The van der Waals surface area contributed by atoms with Gasteiger partial charge in [-0.2, -0.15) is 0 Å². The van der Waals surface area contributed by atoms with Crippen LogP contribution in [0.2, 0.25) is 0 Å². The minimum atomic E-state index is -2.34.